The smallest absolute Gasteiger partial charge is 0.119 e. The molecule has 156 valence electrons. The van der Waals surface area contributed by atoms with Crippen LogP contribution in [0.15, 0.2) is 54.6 Å². The first kappa shape index (κ1) is 21.7. The van der Waals surface area contributed by atoms with Crippen LogP contribution in [0, 0.1) is 5.92 Å². The van der Waals surface area contributed by atoms with Crippen LogP contribution in [0.2, 0.25) is 0 Å². The van der Waals surface area contributed by atoms with Crippen LogP contribution in [-0.4, -0.2) is 6.61 Å². The molecule has 0 aliphatic heterocycles. The highest BCUT2D eigenvalue weighted by Gasteiger charge is 2.15. The number of rotatable bonds is 11. The molecule has 29 heavy (non-hydrogen) atoms. The Labute approximate surface area is 178 Å². The van der Waals surface area contributed by atoms with E-state index in [1.54, 1.807) is 5.57 Å². The fraction of sp³-hybridized carbons (Fsp3) is 0.500. The Morgan fingerprint density at radius 2 is 1.41 bits per heavy atom. The van der Waals surface area contributed by atoms with Crippen molar-refractivity contribution in [2.45, 2.75) is 78.1 Å². The van der Waals surface area contributed by atoms with Gasteiger partial charge in [0.2, 0.25) is 0 Å². The molecule has 0 N–H and O–H groups in total. The summed E-state index contributed by atoms with van der Waals surface area (Å²) in [5, 5.41) is 0. The Kier molecular flexibility index (Phi) is 8.86. The van der Waals surface area contributed by atoms with Crippen molar-refractivity contribution >= 4 is 5.57 Å². The highest BCUT2D eigenvalue weighted by Crippen LogP contribution is 2.34. The quantitative estimate of drug-likeness (QED) is 0.349. The number of allylic oxidation sites excluding steroid dienone is 2. The second-order valence-electron chi connectivity index (χ2n) is 8.52. The van der Waals surface area contributed by atoms with E-state index in [-0.39, 0.29) is 0 Å². The van der Waals surface area contributed by atoms with Crippen molar-refractivity contribution in [2.24, 2.45) is 5.92 Å². The lowest BCUT2D eigenvalue weighted by Gasteiger charge is -2.22. The molecule has 1 aliphatic rings. The highest BCUT2D eigenvalue weighted by atomic mass is 16.5. The molecule has 0 bridgehead atoms. The van der Waals surface area contributed by atoms with Gasteiger partial charge >= 0.3 is 0 Å². The molecule has 0 amide bonds. The fourth-order valence-corrected chi connectivity index (χ4v) is 4.29. The molecular formula is C28H38O. The third-order valence-electron chi connectivity index (χ3n) is 6.15. The zero-order chi connectivity index (χ0) is 20.3. The SMILES string of the molecule is CCCCCCCC1CC=C(c2ccc(-c3ccc(OCCC)cc3)cc2)CC1. The van der Waals surface area contributed by atoms with Crippen LogP contribution in [0.1, 0.15) is 83.6 Å². The molecule has 0 fully saturated rings. The second kappa shape index (κ2) is 11.9. The summed E-state index contributed by atoms with van der Waals surface area (Å²) in [5.41, 5.74) is 5.47. The molecule has 1 aliphatic carbocycles. The van der Waals surface area contributed by atoms with Crippen LogP contribution in [-0.2, 0) is 0 Å². The maximum Gasteiger partial charge on any atom is 0.119 e. The van der Waals surface area contributed by atoms with Gasteiger partial charge in [0.15, 0.2) is 0 Å². The van der Waals surface area contributed by atoms with Gasteiger partial charge in [-0.1, -0.05) is 94.8 Å². The van der Waals surface area contributed by atoms with Crippen LogP contribution in [0.5, 0.6) is 5.75 Å². The van der Waals surface area contributed by atoms with Crippen LogP contribution in [0.3, 0.4) is 0 Å². The van der Waals surface area contributed by atoms with Crippen molar-refractivity contribution in [2.75, 3.05) is 6.61 Å². The van der Waals surface area contributed by atoms with E-state index < -0.39 is 0 Å². The number of ether oxygens (including phenoxy) is 1. The van der Waals surface area contributed by atoms with E-state index in [9.17, 15) is 0 Å². The van der Waals surface area contributed by atoms with Gasteiger partial charge in [-0.15, -0.1) is 0 Å². The number of hydrogen-bond acceptors (Lipinski definition) is 1. The predicted octanol–water partition coefficient (Wildman–Crippen LogP) is 8.69. The van der Waals surface area contributed by atoms with Crippen LogP contribution in [0.25, 0.3) is 16.7 Å². The monoisotopic (exact) mass is 390 g/mol. The average molecular weight is 391 g/mol. The lowest BCUT2D eigenvalue weighted by molar-refractivity contribution is 0.317. The maximum atomic E-state index is 5.69. The van der Waals surface area contributed by atoms with Crippen molar-refractivity contribution in [3.63, 3.8) is 0 Å². The van der Waals surface area contributed by atoms with E-state index in [1.807, 2.05) is 0 Å². The summed E-state index contributed by atoms with van der Waals surface area (Å²) in [6, 6.07) is 17.6. The topological polar surface area (TPSA) is 9.23 Å². The van der Waals surface area contributed by atoms with E-state index >= 15 is 0 Å². The molecule has 0 aromatic heterocycles. The minimum absolute atomic E-state index is 0.781. The Morgan fingerprint density at radius 1 is 0.759 bits per heavy atom. The van der Waals surface area contributed by atoms with Gasteiger partial charge in [0.25, 0.3) is 0 Å². The highest BCUT2D eigenvalue weighted by molar-refractivity contribution is 5.71. The molecule has 0 heterocycles. The Balaban J connectivity index is 1.51. The molecule has 2 aromatic rings. The van der Waals surface area contributed by atoms with Crippen molar-refractivity contribution in [1.82, 2.24) is 0 Å². The van der Waals surface area contributed by atoms with E-state index in [1.165, 1.54) is 74.5 Å². The Morgan fingerprint density at radius 3 is 2.03 bits per heavy atom. The third kappa shape index (κ3) is 6.77. The number of hydrogen-bond donors (Lipinski definition) is 0. The first-order valence-corrected chi connectivity index (χ1v) is 11.8. The van der Waals surface area contributed by atoms with Crippen LogP contribution in [0.4, 0.5) is 0 Å². The number of benzene rings is 2. The minimum atomic E-state index is 0.781. The molecule has 1 unspecified atom stereocenters. The van der Waals surface area contributed by atoms with E-state index in [4.69, 9.17) is 4.74 Å². The Bertz CT molecular complexity index is 739. The zero-order valence-electron chi connectivity index (χ0n) is 18.5. The van der Waals surface area contributed by atoms with E-state index in [0.717, 1.165) is 24.7 Å². The fourth-order valence-electron chi connectivity index (χ4n) is 4.29. The van der Waals surface area contributed by atoms with Gasteiger partial charge in [-0.3, -0.25) is 0 Å². The maximum absolute atomic E-state index is 5.69. The Hall–Kier alpha value is -2.02. The van der Waals surface area contributed by atoms with Crippen LogP contribution >= 0.6 is 0 Å². The summed E-state index contributed by atoms with van der Waals surface area (Å²) in [7, 11) is 0. The first-order valence-electron chi connectivity index (χ1n) is 11.8. The summed E-state index contributed by atoms with van der Waals surface area (Å²) in [6.45, 7) is 5.20. The molecule has 1 heteroatoms. The van der Waals surface area contributed by atoms with Gasteiger partial charge < -0.3 is 4.74 Å². The lowest BCUT2D eigenvalue weighted by Crippen LogP contribution is -2.05. The molecule has 1 nitrogen and oxygen atoms in total. The van der Waals surface area contributed by atoms with Gasteiger partial charge in [0.05, 0.1) is 6.61 Å². The third-order valence-corrected chi connectivity index (χ3v) is 6.15. The summed E-state index contributed by atoms with van der Waals surface area (Å²) in [5.74, 6) is 1.87. The summed E-state index contributed by atoms with van der Waals surface area (Å²) < 4.78 is 5.69. The summed E-state index contributed by atoms with van der Waals surface area (Å²) in [4.78, 5) is 0. The van der Waals surface area contributed by atoms with Crippen molar-refractivity contribution < 1.29 is 4.74 Å². The molecule has 3 rings (SSSR count). The zero-order valence-corrected chi connectivity index (χ0v) is 18.5. The van der Waals surface area contributed by atoms with Gasteiger partial charge in [0.1, 0.15) is 5.75 Å². The number of unbranched alkanes of at least 4 members (excludes halogenated alkanes) is 4. The standard InChI is InChI=1S/C28H38O/c1-3-5-6-7-8-9-23-10-12-24(13-11-23)25-14-16-26(17-15-25)27-18-20-28(21-19-27)29-22-4-2/h12,14-21,23H,3-11,13,22H2,1-2H3. The molecule has 2 aromatic carbocycles. The second-order valence-corrected chi connectivity index (χ2v) is 8.52. The average Bonchev–Trinajstić information content (AvgIpc) is 2.78. The van der Waals surface area contributed by atoms with Crippen molar-refractivity contribution in [1.29, 1.82) is 0 Å². The van der Waals surface area contributed by atoms with Gasteiger partial charge in [-0.05, 0) is 66.0 Å². The molecule has 1 atom stereocenters. The van der Waals surface area contributed by atoms with Gasteiger partial charge in [-0.2, -0.15) is 0 Å². The molecule has 0 saturated carbocycles. The summed E-state index contributed by atoms with van der Waals surface area (Å²) >= 11 is 0. The van der Waals surface area contributed by atoms with Crippen molar-refractivity contribution in [3.05, 3.63) is 60.2 Å². The normalized spacial score (nSPS) is 16.5. The molecule has 0 radical (unpaired) electrons. The largest absolute Gasteiger partial charge is 0.494 e. The lowest BCUT2D eigenvalue weighted by atomic mass is 9.83. The minimum Gasteiger partial charge on any atom is -0.494 e. The predicted molar refractivity (Wildman–Crippen MR) is 126 cm³/mol. The van der Waals surface area contributed by atoms with Crippen molar-refractivity contribution in [3.8, 4) is 16.9 Å². The molecule has 0 spiro atoms. The van der Waals surface area contributed by atoms with Gasteiger partial charge in [-0.25, -0.2) is 0 Å². The molecule has 0 saturated heterocycles. The van der Waals surface area contributed by atoms with Crippen LogP contribution < -0.4 is 4.74 Å². The van der Waals surface area contributed by atoms with E-state index in [0.29, 0.717) is 0 Å². The molecular weight excluding hydrogens is 352 g/mol. The first-order chi connectivity index (χ1) is 14.3. The summed E-state index contributed by atoms with van der Waals surface area (Å²) in [6.07, 6.45) is 15.9. The van der Waals surface area contributed by atoms with E-state index in [2.05, 4.69) is 68.5 Å². The van der Waals surface area contributed by atoms with Gasteiger partial charge in [0, 0.05) is 0 Å².